The van der Waals surface area contributed by atoms with Gasteiger partial charge in [-0.2, -0.15) is 0 Å². The van der Waals surface area contributed by atoms with E-state index in [2.05, 4.69) is 211 Å². The van der Waals surface area contributed by atoms with E-state index in [1.165, 1.54) is 70.8 Å². The molecule has 0 unspecified atom stereocenters. The Labute approximate surface area is 357 Å². The summed E-state index contributed by atoms with van der Waals surface area (Å²) >= 11 is 4.24. The van der Waals surface area contributed by atoms with E-state index in [0.29, 0.717) is 0 Å². The highest BCUT2D eigenvalue weighted by atomic mass is 128. The van der Waals surface area contributed by atoms with Gasteiger partial charge in [0, 0.05) is 58.6 Å². The van der Waals surface area contributed by atoms with Crippen molar-refractivity contribution in [1.82, 2.24) is 0 Å². The molecular formula is C49H78I2O3. The molecule has 306 valence electrons. The van der Waals surface area contributed by atoms with Gasteiger partial charge >= 0.3 is 0 Å². The summed E-state index contributed by atoms with van der Waals surface area (Å²) in [5, 5.41) is 28.9. The van der Waals surface area contributed by atoms with Crippen LogP contribution in [-0.4, -0.2) is 36.6 Å². The number of hydrogen-bond donors (Lipinski definition) is 3. The minimum absolute atomic E-state index is 1.00. The molecule has 6 aromatic rings. The number of benzene rings is 6. The molecule has 6 aromatic carbocycles. The molecule has 5 heteroatoms. The van der Waals surface area contributed by atoms with Crippen molar-refractivity contribution in [3.8, 4) is 0 Å². The second-order valence-electron chi connectivity index (χ2n) is 9.75. The summed E-state index contributed by atoms with van der Waals surface area (Å²) in [5.41, 5.74) is 0. The second-order valence-corrected chi connectivity index (χ2v) is 9.75. The summed E-state index contributed by atoms with van der Waals surface area (Å²) in [4.78, 5) is 0. The van der Waals surface area contributed by atoms with Crippen LogP contribution in [0.1, 0.15) is 108 Å². The van der Waals surface area contributed by atoms with Crippen LogP contribution in [0.25, 0.3) is 32.3 Å². The molecule has 0 aliphatic heterocycles. The van der Waals surface area contributed by atoms with Crippen LogP contribution in [0, 0.1) is 0 Å². The zero-order valence-electron chi connectivity index (χ0n) is 36.2. The fourth-order valence-corrected chi connectivity index (χ4v) is 4.11. The smallest absolute Gasteiger partial charge is 0.0319 e. The Kier molecular flexibility index (Phi) is 70.1. The summed E-state index contributed by atoms with van der Waals surface area (Å²) in [6.07, 6.45) is 8.15. The van der Waals surface area contributed by atoms with Crippen molar-refractivity contribution < 1.29 is 15.3 Å². The Morgan fingerprint density at radius 2 is 0.370 bits per heavy atom. The first-order chi connectivity index (χ1) is 26.7. The van der Waals surface area contributed by atoms with Crippen LogP contribution in [0.5, 0.6) is 0 Å². The molecule has 0 amide bonds. The van der Waals surface area contributed by atoms with Gasteiger partial charge in [-0.3, -0.25) is 0 Å². The number of aliphatic hydroxyl groups is 3. The SMILES string of the molecule is CC.CC.CC.CCCCC.CCCCC.CO.CO.CO.II.c1ccc2ccccc2c1.c1ccc2ccccc2c1.c1ccc2ccccc2c1. The number of unbranched alkanes of at least 4 members (excludes halogenated alkanes) is 4. The third kappa shape index (κ3) is 37.7. The third-order valence-corrected chi connectivity index (χ3v) is 6.39. The Bertz CT molecular complexity index is 1100. The van der Waals surface area contributed by atoms with Crippen molar-refractivity contribution in [3.63, 3.8) is 0 Å². The summed E-state index contributed by atoms with van der Waals surface area (Å²) in [5.74, 6) is 0. The van der Waals surface area contributed by atoms with E-state index in [1.807, 2.05) is 41.5 Å². The minimum atomic E-state index is 1.00. The quantitative estimate of drug-likeness (QED) is 0.154. The monoisotopic (exact) mass is 968 g/mol. The predicted molar refractivity (Wildman–Crippen MR) is 269 cm³/mol. The van der Waals surface area contributed by atoms with E-state index in [0.717, 1.165) is 21.3 Å². The van der Waals surface area contributed by atoms with Gasteiger partial charge in [-0.05, 0) is 32.3 Å². The molecule has 0 fully saturated rings. The van der Waals surface area contributed by atoms with Crippen molar-refractivity contribution in [2.24, 2.45) is 0 Å². The van der Waals surface area contributed by atoms with Crippen LogP contribution in [-0.2, 0) is 0 Å². The van der Waals surface area contributed by atoms with E-state index in [9.17, 15) is 0 Å². The lowest BCUT2D eigenvalue weighted by Gasteiger charge is -1.92. The first-order valence-corrected chi connectivity index (χ1v) is 25.8. The molecular weight excluding hydrogens is 890 g/mol. The zero-order valence-corrected chi connectivity index (χ0v) is 40.5. The topological polar surface area (TPSA) is 60.7 Å². The van der Waals surface area contributed by atoms with E-state index in [-0.39, 0.29) is 0 Å². The van der Waals surface area contributed by atoms with Gasteiger partial charge in [0.2, 0.25) is 0 Å². The van der Waals surface area contributed by atoms with Gasteiger partial charge in [-0.1, -0.05) is 253 Å². The highest BCUT2D eigenvalue weighted by Crippen LogP contribution is 2.13. The molecule has 0 aliphatic carbocycles. The molecule has 0 radical (unpaired) electrons. The van der Waals surface area contributed by atoms with E-state index in [4.69, 9.17) is 15.3 Å². The van der Waals surface area contributed by atoms with Crippen molar-refractivity contribution in [3.05, 3.63) is 146 Å². The molecule has 0 atom stereocenters. The maximum atomic E-state index is 7.00. The third-order valence-electron chi connectivity index (χ3n) is 6.39. The average Bonchev–Trinajstić information content (AvgIpc) is 3.30. The van der Waals surface area contributed by atoms with Crippen LogP contribution >= 0.6 is 37.2 Å². The maximum absolute atomic E-state index is 7.00. The highest BCUT2D eigenvalue weighted by molar-refractivity contribution is 15.0. The zero-order chi connectivity index (χ0) is 42.7. The summed E-state index contributed by atoms with van der Waals surface area (Å²) in [6, 6.07) is 50.1. The van der Waals surface area contributed by atoms with E-state index >= 15 is 0 Å². The van der Waals surface area contributed by atoms with Crippen LogP contribution in [0.4, 0.5) is 0 Å². The van der Waals surface area contributed by atoms with E-state index < -0.39 is 0 Å². The fraction of sp³-hybridized carbons (Fsp3) is 0.388. The van der Waals surface area contributed by atoms with Gasteiger partial charge in [0.25, 0.3) is 0 Å². The normalized spacial score (nSPS) is 7.89. The highest BCUT2D eigenvalue weighted by Gasteiger charge is 1.87. The fourth-order valence-electron chi connectivity index (χ4n) is 4.11. The second kappa shape index (κ2) is 59.7. The molecule has 0 saturated heterocycles. The van der Waals surface area contributed by atoms with Gasteiger partial charge in [0.05, 0.1) is 0 Å². The van der Waals surface area contributed by atoms with Crippen molar-refractivity contribution >= 4 is 69.5 Å². The number of hydrogen-bond acceptors (Lipinski definition) is 3. The molecule has 0 aromatic heterocycles. The molecule has 3 N–H and O–H groups in total. The first kappa shape index (κ1) is 63.4. The minimum Gasteiger partial charge on any atom is -0.400 e. The first-order valence-electron chi connectivity index (χ1n) is 19.5. The number of halogens is 2. The molecule has 0 aliphatic rings. The largest absolute Gasteiger partial charge is 0.400 e. The van der Waals surface area contributed by atoms with Crippen LogP contribution in [0.15, 0.2) is 146 Å². The lowest BCUT2D eigenvalue weighted by molar-refractivity contribution is 0.399. The number of rotatable bonds is 4. The van der Waals surface area contributed by atoms with Gasteiger partial charge in [0.15, 0.2) is 0 Å². The summed E-state index contributed by atoms with van der Waals surface area (Å²) in [7, 11) is 3.00. The molecule has 0 spiro atoms. The van der Waals surface area contributed by atoms with Gasteiger partial charge < -0.3 is 15.3 Å². The molecule has 6 rings (SSSR count). The Morgan fingerprint density at radius 3 is 0.426 bits per heavy atom. The molecule has 0 bridgehead atoms. The van der Waals surface area contributed by atoms with Crippen LogP contribution in [0.3, 0.4) is 0 Å². The lowest BCUT2D eigenvalue weighted by Crippen LogP contribution is -1.67. The standard InChI is InChI=1S/3C10H8.2C5H12.3C2H6.3CH4O.I2/c3*1-2-6-10-8-4-3-7-9(10)5-1;2*1-3-5-4-2;7*1-2/h3*1-8H;2*3-5H2,1-2H3;3*1-2H3;3*2H,1H3;. The van der Waals surface area contributed by atoms with Crippen LogP contribution < -0.4 is 0 Å². The Balaban J connectivity index is -0.000000126. The van der Waals surface area contributed by atoms with Crippen molar-refractivity contribution in [2.75, 3.05) is 21.3 Å². The lowest BCUT2D eigenvalue weighted by atomic mass is 10.1. The Morgan fingerprint density at radius 1 is 0.278 bits per heavy atom. The number of aliphatic hydroxyl groups excluding tert-OH is 3. The average molecular weight is 969 g/mol. The van der Waals surface area contributed by atoms with Crippen molar-refractivity contribution in [2.45, 2.75) is 108 Å². The van der Waals surface area contributed by atoms with Gasteiger partial charge in [0.1, 0.15) is 0 Å². The van der Waals surface area contributed by atoms with Gasteiger partial charge in [-0.25, -0.2) is 0 Å². The molecule has 0 heterocycles. The van der Waals surface area contributed by atoms with Crippen molar-refractivity contribution in [1.29, 1.82) is 0 Å². The van der Waals surface area contributed by atoms with Crippen LogP contribution in [0.2, 0.25) is 0 Å². The van der Waals surface area contributed by atoms with Gasteiger partial charge in [-0.15, -0.1) is 0 Å². The Hall–Kier alpha value is -2.56. The van der Waals surface area contributed by atoms with E-state index in [1.54, 1.807) is 0 Å². The number of fused-ring (bicyclic) bond motifs is 3. The molecule has 3 nitrogen and oxygen atoms in total. The molecule has 54 heavy (non-hydrogen) atoms. The summed E-state index contributed by atoms with van der Waals surface area (Å²) in [6.45, 7) is 20.8. The molecule has 0 saturated carbocycles. The maximum Gasteiger partial charge on any atom is 0.0319 e. The summed E-state index contributed by atoms with van der Waals surface area (Å²) < 4.78 is 0. The predicted octanol–water partition coefficient (Wildman–Crippen LogP) is 16.6.